The number of hydrogen-bond acceptors (Lipinski definition) is 3. The maximum atomic E-state index is 10.9. The van der Waals surface area contributed by atoms with Crippen molar-refractivity contribution in [2.45, 2.75) is 25.8 Å². The van der Waals surface area contributed by atoms with Crippen LogP contribution < -0.4 is 5.32 Å². The van der Waals surface area contributed by atoms with Crippen LogP contribution in [-0.4, -0.2) is 17.6 Å². The lowest BCUT2D eigenvalue weighted by molar-refractivity contribution is 0.0694. The van der Waals surface area contributed by atoms with E-state index in [1.807, 2.05) is 18.2 Å². The van der Waals surface area contributed by atoms with Crippen molar-refractivity contribution in [3.63, 3.8) is 0 Å². The summed E-state index contributed by atoms with van der Waals surface area (Å²) in [6.45, 7) is 3.44. The summed E-state index contributed by atoms with van der Waals surface area (Å²) in [5, 5.41) is 12.2. The molecule has 0 radical (unpaired) electrons. The van der Waals surface area contributed by atoms with Gasteiger partial charge in [0.25, 0.3) is 0 Å². The fourth-order valence-corrected chi connectivity index (χ4v) is 2.14. The van der Waals surface area contributed by atoms with Gasteiger partial charge in [0.05, 0.1) is 12.8 Å². The molecule has 4 heteroatoms. The van der Waals surface area contributed by atoms with Gasteiger partial charge in [-0.15, -0.1) is 0 Å². The highest BCUT2D eigenvalue weighted by Crippen LogP contribution is 2.17. The first-order chi connectivity index (χ1) is 9.68. The molecule has 20 heavy (non-hydrogen) atoms. The van der Waals surface area contributed by atoms with Gasteiger partial charge in [0.1, 0.15) is 11.3 Å². The fourth-order valence-electron chi connectivity index (χ4n) is 2.14. The summed E-state index contributed by atoms with van der Waals surface area (Å²) in [6.07, 6.45) is 2.40. The molecule has 1 aromatic heterocycles. The lowest BCUT2D eigenvalue weighted by Gasteiger charge is -2.12. The summed E-state index contributed by atoms with van der Waals surface area (Å²) in [5.41, 5.74) is 1.55. The molecule has 1 unspecified atom stereocenters. The standard InChI is InChI=1S/C16H19NO3/c1-12(13-5-3-2-4-6-13)7-9-17-11-15-14(16(18)19)8-10-20-15/h2-6,8,10,12,17H,7,9,11H2,1H3,(H,18,19). The lowest BCUT2D eigenvalue weighted by Crippen LogP contribution is -2.17. The average Bonchev–Trinajstić information content (AvgIpc) is 2.93. The third-order valence-corrected chi connectivity index (χ3v) is 3.38. The monoisotopic (exact) mass is 273 g/mol. The minimum Gasteiger partial charge on any atom is -0.478 e. The predicted molar refractivity (Wildman–Crippen MR) is 76.8 cm³/mol. The molecule has 1 aromatic carbocycles. The summed E-state index contributed by atoms with van der Waals surface area (Å²) >= 11 is 0. The summed E-state index contributed by atoms with van der Waals surface area (Å²) in [6, 6.07) is 11.8. The molecule has 0 spiro atoms. The zero-order chi connectivity index (χ0) is 14.4. The molecule has 0 saturated heterocycles. The van der Waals surface area contributed by atoms with E-state index in [0.29, 0.717) is 18.2 Å². The van der Waals surface area contributed by atoms with Crippen molar-refractivity contribution in [3.8, 4) is 0 Å². The molecule has 1 heterocycles. The topological polar surface area (TPSA) is 62.5 Å². The predicted octanol–water partition coefficient (Wildman–Crippen LogP) is 3.26. The highest BCUT2D eigenvalue weighted by molar-refractivity contribution is 5.88. The van der Waals surface area contributed by atoms with Gasteiger partial charge in [-0.25, -0.2) is 4.79 Å². The first kappa shape index (κ1) is 14.3. The Morgan fingerprint density at radius 3 is 2.75 bits per heavy atom. The normalized spacial score (nSPS) is 12.2. The highest BCUT2D eigenvalue weighted by Gasteiger charge is 2.12. The smallest absolute Gasteiger partial charge is 0.339 e. The Balaban J connectivity index is 1.77. The van der Waals surface area contributed by atoms with E-state index in [-0.39, 0.29) is 5.56 Å². The van der Waals surface area contributed by atoms with Crippen LogP contribution in [0.3, 0.4) is 0 Å². The third kappa shape index (κ3) is 3.71. The van der Waals surface area contributed by atoms with Crippen LogP contribution in [0.2, 0.25) is 0 Å². The Hall–Kier alpha value is -2.07. The van der Waals surface area contributed by atoms with Crippen molar-refractivity contribution in [1.29, 1.82) is 0 Å². The number of aromatic carboxylic acids is 1. The van der Waals surface area contributed by atoms with Gasteiger partial charge in [0, 0.05) is 0 Å². The van der Waals surface area contributed by atoms with Crippen LogP contribution in [0.5, 0.6) is 0 Å². The Morgan fingerprint density at radius 1 is 1.30 bits per heavy atom. The second kappa shape index (κ2) is 6.91. The summed E-state index contributed by atoms with van der Waals surface area (Å²) < 4.78 is 5.17. The van der Waals surface area contributed by atoms with Gasteiger partial charge in [-0.2, -0.15) is 0 Å². The Labute approximate surface area is 118 Å². The van der Waals surface area contributed by atoms with Crippen LogP contribution in [0.4, 0.5) is 0 Å². The number of carbonyl (C=O) groups is 1. The molecule has 0 amide bonds. The quantitative estimate of drug-likeness (QED) is 0.760. The van der Waals surface area contributed by atoms with Gasteiger partial charge in [-0.05, 0) is 30.5 Å². The number of furan rings is 1. The number of carboxylic acids is 1. The average molecular weight is 273 g/mol. The number of benzene rings is 1. The molecule has 2 rings (SSSR count). The van der Waals surface area contributed by atoms with Crippen LogP contribution in [0.15, 0.2) is 47.1 Å². The van der Waals surface area contributed by atoms with E-state index in [0.717, 1.165) is 13.0 Å². The molecule has 106 valence electrons. The highest BCUT2D eigenvalue weighted by atomic mass is 16.4. The van der Waals surface area contributed by atoms with E-state index < -0.39 is 5.97 Å². The maximum absolute atomic E-state index is 10.9. The van der Waals surface area contributed by atoms with Crippen LogP contribution in [-0.2, 0) is 6.54 Å². The molecule has 2 aromatic rings. The van der Waals surface area contributed by atoms with Gasteiger partial charge in [0.2, 0.25) is 0 Å². The van der Waals surface area contributed by atoms with Crippen molar-refractivity contribution in [3.05, 3.63) is 59.5 Å². The van der Waals surface area contributed by atoms with Gasteiger partial charge >= 0.3 is 5.97 Å². The lowest BCUT2D eigenvalue weighted by atomic mass is 9.98. The number of hydrogen-bond donors (Lipinski definition) is 2. The number of rotatable bonds is 7. The minimum atomic E-state index is -0.951. The van der Waals surface area contributed by atoms with Gasteiger partial charge in [0.15, 0.2) is 0 Å². The fraction of sp³-hybridized carbons (Fsp3) is 0.312. The van der Waals surface area contributed by atoms with E-state index in [1.54, 1.807) is 0 Å². The SMILES string of the molecule is CC(CCNCc1occc1C(=O)O)c1ccccc1. The molecule has 0 saturated carbocycles. The molecule has 1 atom stereocenters. The van der Waals surface area contributed by atoms with Crippen LogP contribution in [0.25, 0.3) is 0 Å². The van der Waals surface area contributed by atoms with Gasteiger partial charge in [-0.1, -0.05) is 37.3 Å². The van der Waals surface area contributed by atoms with E-state index in [1.165, 1.54) is 17.9 Å². The third-order valence-electron chi connectivity index (χ3n) is 3.38. The molecule has 2 N–H and O–H groups in total. The summed E-state index contributed by atoms with van der Waals surface area (Å²) in [7, 11) is 0. The summed E-state index contributed by atoms with van der Waals surface area (Å²) in [5.74, 6) is -0.00249. The number of nitrogens with one attached hydrogen (secondary N) is 1. The van der Waals surface area contributed by atoms with Crippen molar-refractivity contribution < 1.29 is 14.3 Å². The van der Waals surface area contributed by atoms with E-state index in [2.05, 4.69) is 24.4 Å². The first-order valence-electron chi connectivity index (χ1n) is 6.74. The Bertz CT molecular complexity index is 548. The summed E-state index contributed by atoms with van der Waals surface area (Å²) in [4.78, 5) is 10.9. The minimum absolute atomic E-state index is 0.230. The maximum Gasteiger partial charge on any atom is 0.339 e. The van der Waals surface area contributed by atoms with Crippen molar-refractivity contribution in [2.24, 2.45) is 0 Å². The number of carboxylic acid groups (broad SMARTS) is 1. The Kier molecular flexibility index (Phi) is 4.96. The van der Waals surface area contributed by atoms with Crippen LogP contribution in [0.1, 0.15) is 40.9 Å². The van der Waals surface area contributed by atoms with Crippen LogP contribution in [0, 0.1) is 0 Å². The largest absolute Gasteiger partial charge is 0.478 e. The van der Waals surface area contributed by atoms with Crippen molar-refractivity contribution in [2.75, 3.05) is 6.54 Å². The second-order valence-corrected chi connectivity index (χ2v) is 4.84. The molecule has 0 aliphatic heterocycles. The zero-order valence-corrected chi connectivity index (χ0v) is 11.5. The van der Waals surface area contributed by atoms with Gasteiger partial charge in [-0.3, -0.25) is 0 Å². The first-order valence-corrected chi connectivity index (χ1v) is 6.74. The van der Waals surface area contributed by atoms with Crippen molar-refractivity contribution >= 4 is 5.97 Å². The molecule has 0 aliphatic rings. The molecule has 4 nitrogen and oxygen atoms in total. The zero-order valence-electron chi connectivity index (χ0n) is 11.5. The molecular formula is C16H19NO3. The molecule has 0 bridgehead atoms. The van der Waals surface area contributed by atoms with E-state index >= 15 is 0 Å². The molecule has 0 aliphatic carbocycles. The van der Waals surface area contributed by atoms with Crippen molar-refractivity contribution in [1.82, 2.24) is 5.32 Å². The van der Waals surface area contributed by atoms with E-state index in [9.17, 15) is 4.79 Å². The molecule has 0 fully saturated rings. The van der Waals surface area contributed by atoms with E-state index in [4.69, 9.17) is 9.52 Å². The van der Waals surface area contributed by atoms with Crippen LogP contribution >= 0.6 is 0 Å². The Morgan fingerprint density at radius 2 is 2.05 bits per heavy atom. The van der Waals surface area contributed by atoms with Gasteiger partial charge < -0.3 is 14.8 Å². The molecular weight excluding hydrogens is 254 g/mol. The second-order valence-electron chi connectivity index (χ2n) is 4.84.